The maximum Gasteiger partial charge on any atom is 0.255 e. The van der Waals surface area contributed by atoms with Crippen molar-refractivity contribution >= 4 is 22.8 Å². The van der Waals surface area contributed by atoms with Crippen LogP contribution in [0.25, 0.3) is 11.0 Å². The molecular weight excluding hydrogens is 280 g/mol. The maximum absolute atomic E-state index is 11.5. The van der Waals surface area contributed by atoms with E-state index in [9.17, 15) is 4.79 Å². The zero-order chi connectivity index (χ0) is 15.7. The fourth-order valence-electron chi connectivity index (χ4n) is 2.20. The number of nitrogens with two attached hydrogens (primary N) is 1. The number of H-pyrrole nitrogens is 2. The molecule has 0 saturated heterocycles. The Labute approximate surface area is 126 Å². The molecule has 0 radical (unpaired) electrons. The standard InChI is InChI=1S/C15H14N6O/c1-8-18-10-5-3-9(7-12(10)19-8)4-6-11-13(14(16)22)15(17-2)21-20-11/h3,5,7H,1-2H3,(H2,16,22)(H,18,19)(H2,17,20,21). The van der Waals surface area contributed by atoms with Crippen molar-refractivity contribution in [2.45, 2.75) is 6.92 Å². The second kappa shape index (κ2) is 5.26. The van der Waals surface area contributed by atoms with Gasteiger partial charge in [0.25, 0.3) is 5.91 Å². The predicted octanol–water partition coefficient (Wildman–Crippen LogP) is 1.13. The number of imidazole rings is 1. The Balaban J connectivity index is 2.00. The second-order valence-electron chi connectivity index (χ2n) is 4.74. The number of aromatic nitrogens is 4. The first-order valence-corrected chi connectivity index (χ1v) is 6.63. The van der Waals surface area contributed by atoms with Crippen LogP contribution in [0.3, 0.4) is 0 Å². The minimum Gasteiger partial charge on any atom is -0.371 e. The lowest BCUT2D eigenvalue weighted by atomic mass is 10.1. The van der Waals surface area contributed by atoms with Crippen LogP contribution in [0, 0.1) is 18.8 Å². The number of carbonyl (C=O) groups excluding carboxylic acids is 1. The van der Waals surface area contributed by atoms with E-state index in [4.69, 9.17) is 5.73 Å². The molecule has 1 aromatic carbocycles. The summed E-state index contributed by atoms with van der Waals surface area (Å²) in [5, 5.41) is 9.48. The number of primary amides is 1. The van der Waals surface area contributed by atoms with Gasteiger partial charge in [-0.2, -0.15) is 5.10 Å². The molecule has 0 bridgehead atoms. The van der Waals surface area contributed by atoms with E-state index in [1.807, 2.05) is 25.1 Å². The number of nitrogens with zero attached hydrogens (tertiary/aromatic N) is 2. The molecule has 0 atom stereocenters. The van der Waals surface area contributed by atoms with Gasteiger partial charge in [-0.1, -0.05) is 5.92 Å². The van der Waals surface area contributed by atoms with E-state index < -0.39 is 5.91 Å². The highest BCUT2D eigenvalue weighted by Crippen LogP contribution is 2.15. The van der Waals surface area contributed by atoms with E-state index in [2.05, 4.69) is 37.3 Å². The van der Waals surface area contributed by atoms with Crippen molar-refractivity contribution in [3.63, 3.8) is 0 Å². The third-order valence-corrected chi connectivity index (χ3v) is 3.18. The van der Waals surface area contributed by atoms with Crippen molar-refractivity contribution in [2.75, 3.05) is 12.4 Å². The summed E-state index contributed by atoms with van der Waals surface area (Å²) in [6, 6.07) is 5.67. The van der Waals surface area contributed by atoms with Crippen LogP contribution in [0.5, 0.6) is 0 Å². The largest absolute Gasteiger partial charge is 0.371 e. The molecule has 0 aliphatic heterocycles. The molecule has 3 rings (SSSR count). The van der Waals surface area contributed by atoms with Crippen LogP contribution in [0.15, 0.2) is 18.2 Å². The van der Waals surface area contributed by atoms with Gasteiger partial charge in [-0.3, -0.25) is 9.89 Å². The molecule has 1 amide bonds. The molecule has 0 unspecified atom stereocenters. The Morgan fingerprint density at radius 2 is 2.18 bits per heavy atom. The Morgan fingerprint density at radius 1 is 1.36 bits per heavy atom. The molecule has 7 nitrogen and oxygen atoms in total. The predicted molar refractivity (Wildman–Crippen MR) is 83.5 cm³/mol. The minimum absolute atomic E-state index is 0.258. The number of benzene rings is 1. The molecule has 0 fully saturated rings. The van der Waals surface area contributed by atoms with Crippen LogP contribution >= 0.6 is 0 Å². The van der Waals surface area contributed by atoms with Gasteiger partial charge in [0.15, 0.2) is 5.82 Å². The highest BCUT2D eigenvalue weighted by atomic mass is 16.1. The number of hydrogen-bond donors (Lipinski definition) is 4. The van der Waals surface area contributed by atoms with Gasteiger partial charge in [0.1, 0.15) is 17.1 Å². The number of aryl methyl sites for hydroxylation is 1. The highest BCUT2D eigenvalue weighted by molar-refractivity contribution is 5.99. The lowest BCUT2D eigenvalue weighted by molar-refractivity contribution is 0.100. The number of nitrogens with one attached hydrogen (secondary N) is 3. The summed E-state index contributed by atoms with van der Waals surface area (Å²) in [4.78, 5) is 19.0. The SMILES string of the molecule is CNc1n[nH]c(C#Cc2ccc3nc(C)[nH]c3c2)c1C(N)=O. The monoisotopic (exact) mass is 294 g/mol. The second-order valence-corrected chi connectivity index (χ2v) is 4.74. The summed E-state index contributed by atoms with van der Waals surface area (Å²) in [5.41, 5.74) is 8.61. The van der Waals surface area contributed by atoms with Gasteiger partial charge >= 0.3 is 0 Å². The molecule has 2 aromatic heterocycles. The van der Waals surface area contributed by atoms with Crippen LogP contribution in [0.2, 0.25) is 0 Å². The topological polar surface area (TPSA) is 112 Å². The van der Waals surface area contributed by atoms with Crippen molar-refractivity contribution in [1.82, 2.24) is 20.2 Å². The van der Waals surface area contributed by atoms with Crippen LogP contribution in [0.4, 0.5) is 5.82 Å². The van der Waals surface area contributed by atoms with Gasteiger partial charge in [-0.25, -0.2) is 4.98 Å². The number of anilines is 1. The number of fused-ring (bicyclic) bond motifs is 1. The van der Waals surface area contributed by atoms with Crippen LogP contribution in [0.1, 0.15) is 27.4 Å². The zero-order valence-corrected chi connectivity index (χ0v) is 12.1. The van der Waals surface area contributed by atoms with E-state index in [0.29, 0.717) is 11.5 Å². The summed E-state index contributed by atoms with van der Waals surface area (Å²) in [5.74, 6) is 6.54. The quantitative estimate of drug-likeness (QED) is 0.531. The number of amides is 1. The zero-order valence-electron chi connectivity index (χ0n) is 12.1. The van der Waals surface area contributed by atoms with Gasteiger partial charge < -0.3 is 16.0 Å². The van der Waals surface area contributed by atoms with Gasteiger partial charge in [0.2, 0.25) is 0 Å². The molecule has 0 aliphatic rings. The van der Waals surface area contributed by atoms with Crippen LogP contribution < -0.4 is 11.1 Å². The lowest BCUT2D eigenvalue weighted by Crippen LogP contribution is -2.13. The summed E-state index contributed by atoms with van der Waals surface area (Å²) in [7, 11) is 1.66. The fourth-order valence-corrected chi connectivity index (χ4v) is 2.20. The van der Waals surface area contributed by atoms with Crippen molar-refractivity contribution in [3.8, 4) is 11.8 Å². The number of aromatic amines is 2. The summed E-state index contributed by atoms with van der Waals surface area (Å²) in [6.45, 7) is 1.90. The van der Waals surface area contributed by atoms with Crippen LogP contribution in [-0.2, 0) is 0 Å². The van der Waals surface area contributed by atoms with Crippen molar-refractivity contribution < 1.29 is 4.79 Å². The Morgan fingerprint density at radius 3 is 2.91 bits per heavy atom. The van der Waals surface area contributed by atoms with Gasteiger partial charge in [-0.15, -0.1) is 0 Å². The number of hydrogen-bond acceptors (Lipinski definition) is 4. The van der Waals surface area contributed by atoms with Gasteiger partial charge in [0.05, 0.1) is 11.0 Å². The molecule has 0 saturated carbocycles. The van der Waals surface area contributed by atoms with Gasteiger partial charge in [-0.05, 0) is 31.0 Å². The van der Waals surface area contributed by atoms with Crippen molar-refractivity contribution in [2.24, 2.45) is 5.73 Å². The summed E-state index contributed by atoms with van der Waals surface area (Å²) in [6.07, 6.45) is 0. The molecule has 2 heterocycles. The van der Waals surface area contributed by atoms with Crippen molar-refractivity contribution in [1.29, 1.82) is 0 Å². The molecule has 3 aromatic rings. The molecule has 110 valence electrons. The summed E-state index contributed by atoms with van der Waals surface area (Å²) < 4.78 is 0. The third-order valence-electron chi connectivity index (χ3n) is 3.18. The lowest BCUT2D eigenvalue weighted by Gasteiger charge is -1.96. The van der Waals surface area contributed by atoms with E-state index >= 15 is 0 Å². The smallest absolute Gasteiger partial charge is 0.255 e. The summed E-state index contributed by atoms with van der Waals surface area (Å²) >= 11 is 0. The molecular formula is C15H14N6O. The van der Waals surface area contributed by atoms with E-state index in [1.54, 1.807) is 7.05 Å². The Bertz CT molecular complexity index is 925. The number of carbonyl (C=O) groups is 1. The van der Waals surface area contributed by atoms with Gasteiger partial charge in [0, 0.05) is 12.6 Å². The highest BCUT2D eigenvalue weighted by Gasteiger charge is 2.15. The average molecular weight is 294 g/mol. The van der Waals surface area contributed by atoms with E-state index in [0.717, 1.165) is 22.4 Å². The fraction of sp³-hybridized carbons (Fsp3) is 0.133. The first-order chi connectivity index (χ1) is 10.6. The molecule has 0 spiro atoms. The Kier molecular flexibility index (Phi) is 3.27. The molecule has 5 N–H and O–H groups in total. The number of rotatable bonds is 2. The minimum atomic E-state index is -0.581. The van der Waals surface area contributed by atoms with E-state index in [-0.39, 0.29) is 5.56 Å². The van der Waals surface area contributed by atoms with E-state index in [1.165, 1.54) is 0 Å². The maximum atomic E-state index is 11.5. The first kappa shape index (κ1) is 13.7. The molecule has 7 heteroatoms. The molecule has 0 aliphatic carbocycles. The Hall–Kier alpha value is -3.27. The first-order valence-electron chi connectivity index (χ1n) is 6.63. The third kappa shape index (κ3) is 2.38. The normalized spacial score (nSPS) is 10.3. The van der Waals surface area contributed by atoms with Crippen molar-refractivity contribution in [3.05, 3.63) is 40.8 Å². The molecule has 22 heavy (non-hydrogen) atoms. The average Bonchev–Trinajstić information content (AvgIpc) is 3.06. The van der Waals surface area contributed by atoms with Crippen LogP contribution in [-0.4, -0.2) is 33.1 Å².